The van der Waals surface area contributed by atoms with Crippen molar-refractivity contribution in [3.8, 4) is 17.1 Å². The maximum absolute atomic E-state index is 12.9. The normalized spacial score (nSPS) is 11.1. The number of anilines is 1. The first kappa shape index (κ1) is 18.3. The van der Waals surface area contributed by atoms with Gasteiger partial charge in [0.25, 0.3) is 5.91 Å². The first-order valence-electron chi connectivity index (χ1n) is 8.32. The highest BCUT2D eigenvalue weighted by Crippen LogP contribution is 2.24. The van der Waals surface area contributed by atoms with Gasteiger partial charge in [-0.15, -0.1) is 5.10 Å². The van der Waals surface area contributed by atoms with Crippen molar-refractivity contribution in [3.63, 3.8) is 0 Å². The van der Waals surface area contributed by atoms with E-state index >= 15 is 0 Å². The van der Waals surface area contributed by atoms with Crippen LogP contribution in [0.4, 0.5) is 5.82 Å². The molecule has 2 aromatic carbocycles. The molecular weight excluding hydrogens is 396 g/mol. The number of amides is 1. The smallest absolute Gasteiger partial charge is 0.292 e. The van der Waals surface area contributed by atoms with E-state index in [-0.39, 0.29) is 17.3 Å². The first-order chi connectivity index (χ1) is 14.1. The largest absolute Gasteiger partial charge is 0.378 e. The monoisotopic (exact) mass is 408 g/mol. The molecule has 0 unspecified atom stereocenters. The van der Waals surface area contributed by atoms with Crippen LogP contribution in [0, 0.1) is 0 Å². The Hall–Kier alpha value is -4.05. The Morgan fingerprint density at radius 2 is 1.90 bits per heavy atom. The number of aromatic nitrogens is 5. The Bertz CT molecular complexity index is 1170. The van der Waals surface area contributed by atoms with Gasteiger partial charge in [0.15, 0.2) is 5.69 Å². The van der Waals surface area contributed by atoms with Gasteiger partial charge in [0, 0.05) is 10.6 Å². The molecule has 0 aliphatic rings. The summed E-state index contributed by atoms with van der Waals surface area (Å²) in [6.07, 6.45) is 1.48. The second-order valence-electron chi connectivity index (χ2n) is 5.79. The molecule has 0 atom stereocenters. The molecule has 10 nitrogen and oxygen atoms in total. The van der Waals surface area contributed by atoms with Crippen LogP contribution in [-0.2, 0) is 0 Å². The number of carbonyl (C=O) groups is 1. The summed E-state index contributed by atoms with van der Waals surface area (Å²) in [4.78, 5) is 12.9. The van der Waals surface area contributed by atoms with Crippen molar-refractivity contribution < 1.29 is 9.42 Å². The molecule has 2 aromatic heterocycles. The number of nitrogen functional groups attached to an aromatic ring is 1. The van der Waals surface area contributed by atoms with Gasteiger partial charge < -0.3 is 5.73 Å². The Kier molecular flexibility index (Phi) is 4.99. The molecule has 144 valence electrons. The second-order valence-corrected chi connectivity index (χ2v) is 6.22. The van der Waals surface area contributed by atoms with Crippen LogP contribution in [0.5, 0.6) is 0 Å². The third kappa shape index (κ3) is 3.82. The fourth-order valence-corrected chi connectivity index (χ4v) is 2.66. The summed E-state index contributed by atoms with van der Waals surface area (Å²) in [5.74, 6) is -0.554. The minimum absolute atomic E-state index is 0.0340. The molecule has 0 saturated carbocycles. The molecule has 0 saturated heterocycles. The highest BCUT2D eigenvalue weighted by Gasteiger charge is 2.25. The summed E-state index contributed by atoms with van der Waals surface area (Å²) >= 11 is 5.86. The van der Waals surface area contributed by atoms with Crippen molar-refractivity contribution in [2.75, 3.05) is 5.73 Å². The number of halogens is 1. The molecule has 3 N–H and O–H groups in total. The average Bonchev–Trinajstić information content (AvgIpc) is 3.36. The van der Waals surface area contributed by atoms with E-state index in [1.165, 1.54) is 6.21 Å². The zero-order valence-electron chi connectivity index (χ0n) is 14.7. The van der Waals surface area contributed by atoms with Crippen molar-refractivity contribution in [1.29, 1.82) is 0 Å². The quantitative estimate of drug-likeness (QED) is 0.381. The molecule has 0 spiro atoms. The molecule has 0 aliphatic carbocycles. The molecule has 0 bridgehead atoms. The van der Waals surface area contributed by atoms with Crippen LogP contribution >= 0.6 is 11.6 Å². The number of nitrogens with two attached hydrogens (primary N) is 1. The fraction of sp³-hybridized carbons (Fsp3) is 0. The van der Waals surface area contributed by atoms with Crippen molar-refractivity contribution in [1.82, 2.24) is 30.7 Å². The summed E-state index contributed by atoms with van der Waals surface area (Å²) in [5.41, 5.74) is 10.0. The SMILES string of the molecule is Nc1nonc1-n1nnc(-c2ccccc2)c1C(=O)N/N=C\c1ccc(Cl)cc1. The van der Waals surface area contributed by atoms with E-state index in [2.05, 4.69) is 35.8 Å². The van der Waals surface area contributed by atoms with Gasteiger partial charge in [0.05, 0.1) is 6.21 Å². The molecule has 0 fully saturated rings. The molecule has 4 rings (SSSR count). The third-order valence-electron chi connectivity index (χ3n) is 3.88. The van der Waals surface area contributed by atoms with Gasteiger partial charge in [-0.2, -0.15) is 9.78 Å². The van der Waals surface area contributed by atoms with Gasteiger partial charge in [-0.3, -0.25) is 4.79 Å². The minimum atomic E-state index is -0.568. The zero-order valence-corrected chi connectivity index (χ0v) is 15.5. The number of carbonyl (C=O) groups excluding carboxylic acids is 1. The van der Waals surface area contributed by atoms with E-state index in [9.17, 15) is 4.79 Å². The predicted molar refractivity (Wildman–Crippen MR) is 106 cm³/mol. The van der Waals surface area contributed by atoms with Crippen LogP contribution < -0.4 is 11.2 Å². The molecule has 1 amide bonds. The van der Waals surface area contributed by atoms with E-state index in [4.69, 9.17) is 17.3 Å². The van der Waals surface area contributed by atoms with Gasteiger partial charge in [-0.05, 0) is 28.0 Å². The van der Waals surface area contributed by atoms with E-state index in [0.717, 1.165) is 10.2 Å². The Morgan fingerprint density at radius 1 is 1.14 bits per heavy atom. The molecule has 4 aromatic rings. The summed E-state index contributed by atoms with van der Waals surface area (Å²) in [5, 5.41) is 19.9. The van der Waals surface area contributed by atoms with Crippen molar-refractivity contribution in [2.45, 2.75) is 0 Å². The lowest BCUT2D eigenvalue weighted by molar-refractivity contribution is 0.0948. The van der Waals surface area contributed by atoms with Gasteiger partial charge in [0.2, 0.25) is 11.6 Å². The highest BCUT2D eigenvalue weighted by molar-refractivity contribution is 6.30. The minimum Gasteiger partial charge on any atom is -0.378 e. The van der Waals surface area contributed by atoms with E-state index in [1.54, 1.807) is 36.4 Å². The number of hydrogen-bond donors (Lipinski definition) is 2. The maximum atomic E-state index is 12.9. The lowest BCUT2D eigenvalue weighted by Crippen LogP contribution is -2.22. The number of nitrogens with zero attached hydrogens (tertiary/aromatic N) is 6. The number of hydrazone groups is 1. The topological polar surface area (TPSA) is 137 Å². The predicted octanol–water partition coefficient (Wildman–Crippen LogP) is 2.32. The molecular formula is C18H13ClN8O2. The number of benzene rings is 2. The standard InChI is InChI=1S/C18H13ClN8O2/c19-13-8-6-11(7-9-13)10-21-23-18(28)15-14(12-4-2-1-3-5-12)22-26-27(15)17-16(20)24-29-25-17/h1-10H,(H2,20,24)(H,23,28)/b21-10-. The molecule has 2 heterocycles. The Balaban J connectivity index is 1.68. The van der Waals surface area contributed by atoms with Crippen LogP contribution in [0.3, 0.4) is 0 Å². The van der Waals surface area contributed by atoms with Crippen LogP contribution in [0.2, 0.25) is 5.02 Å². The van der Waals surface area contributed by atoms with E-state index in [1.807, 2.05) is 18.2 Å². The number of hydrogen-bond acceptors (Lipinski definition) is 8. The summed E-state index contributed by atoms with van der Waals surface area (Å²) in [6, 6.07) is 16.1. The van der Waals surface area contributed by atoms with Gasteiger partial charge in [-0.1, -0.05) is 59.3 Å². The summed E-state index contributed by atoms with van der Waals surface area (Å²) in [7, 11) is 0. The first-order valence-corrected chi connectivity index (χ1v) is 8.70. The lowest BCUT2D eigenvalue weighted by atomic mass is 10.1. The number of nitrogens with one attached hydrogen (secondary N) is 1. The highest BCUT2D eigenvalue weighted by atomic mass is 35.5. The third-order valence-corrected chi connectivity index (χ3v) is 4.13. The Labute approximate surface area is 168 Å². The molecule has 29 heavy (non-hydrogen) atoms. The van der Waals surface area contributed by atoms with Crippen molar-refractivity contribution in [3.05, 3.63) is 70.9 Å². The van der Waals surface area contributed by atoms with Crippen LogP contribution in [0.25, 0.3) is 17.1 Å². The van der Waals surface area contributed by atoms with Gasteiger partial charge in [-0.25, -0.2) is 10.1 Å². The van der Waals surface area contributed by atoms with Gasteiger partial charge in [0.1, 0.15) is 5.69 Å². The molecule has 11 heteroatoms. The van der Waals surface area contributed by atoms with Crippen molar-refractivity contribution >= 4 is 29.5 Å². The second kappa shape index (κ2) is 7.90. The Morgan fingerprint density at radius 3 is 2.59 bits per heavy atom. The zero-order chi connectivity index (χ0) is 20.2. The van der Waals surface area contributed by atoms with E-state index in [0.29, 0.717) is 16.3 Å². The van der Waals surface area contributed by atoms with Gasteiger partial charge >= 0.3 is 0 Å². The lowest BCUT2D eigenvalue weighted by Gasteiger charge is -2.04. The van der Waals surface area contributed by atoms with Crippen LogP contribution in [-0.4, -0.2) is 37.4 Å². The average molecular weight is 409 g/mol. The van der Waals surface area contributed by atoms with Crippen LogP contribution in [0.15, 0.2) is 64.3 Å². The molecule has 0 aliphatic heterocycles. The van der Waals surface area contributed by atoms with E-state index < -0.39 is 5.91 Å². The molecule has 0 radical (unpaired) electrons. The maximum Gasteiger partial charge on any atom is 0.292 e. The summed E-state index contributed by atoms with van der Waals surface area (Å²) < 4.78 is 5.77. The van der Waals surface area contributed by atoms with Crippen molar-refractivity contribution in [2.24, 2.45) is 5.10 Å². The number of rotatable bonds is 5. The van der Waals surface area contributed by atoms with Crippen LogP contribution in [0.1, 0.15) is 16.1 Å². The summed E-state index contributed by atoms with van der Waals surface area (Å²) in [6.45, 7) is 0. The fourth-order valence-electron chi connectivity index (χ4n) is 2.53.